The van der Waals surface area contributed by atoms with Gasteiger partial charge in [-0.05, 0) is 36.8 Å². The smallest absolute Gasteiger partial charge is 0.227 e. The summed E-state index contributed by atoms with van der Waals surface area (Å²) in [6.45, 7) is 2.44. The van der Waals surface area contributed by atoms with Crippen molar-refractivity contribution in [2.24, 2.45) is 5.92 Å². The first kappa shape index (κ1) is 14.5. The second-order valence-corrected chi connectivity index (χ2v) is 6.02. The van der Waals surface area contributed by atoms with Crippen molar-refractivity contribution >= 4 is 11.6 Å². The second kappa shape index (κ2) is 5.49. The molecule has 120 valence electrons. The molecule has 4 rings (SSSR count). The number of fused-ring (bicyclic) bond motifs is 3. The predicted molar refractivity (Wildman–Crippen MR) is 82.4 cm³/mol. The summed E-state index contributed by atoms with van der Waals surface area (Å²) in [6, 6.07) is 8.07. The van der Waals surface area contributed by atoms with E-state index in [-0.39, 0.29) is 29.8 Å². The number of hydrogen-bond acceptors (Lipinski definition) is 3. The van der Waals surface area contributed by atoms with E-state index in [1.54, 1.807) is 17.2 Å². The Morgan fingerprint density at radius 3 is 3.00 bits per heavy atom. The Balaban J connectivity index is 1.91. The van der Waals surface area contributed by atoms with Gasteiger partial charge < -0.3 is 14.1 Å². The molecular weight excluding hydrogens is 297 g/mol. The Bertz CT molecular complexity index is 728. The first-order valence-corrected chi connectivity index (χ1v) is 7.97. The van der Waals surface area contributed by atoms with Crippen LogP contribution in [0.5, 0.6) is 0 Å². The minimum atomic E-state index is -0.307. The zero-order chi connectivity index (χ0) is 16.0. The lowest BCUT2D eigenvalue weighted by Gasteiger charge is -2.42. The van der Waals surface area contributed by atoms with Crippen LogP contribution in [0.25, 0.3) is 0 Å². The molecule has 3 atom stereocenters. The van der Waals surface area contributed by atoms with E-state index in [1.165, 1.54) is 12.1 Å². The number of nitrogens with zero attached hydrogens (tertiary/aromatic N) is 1. The Hall–Kier alpha value is -2.14. The van der Waals surface area contributed by atoms with Crippen molar-refractivity contribution in [3.63, 3.8) is 0 Å². The molecule has 1 fully saturated rings. The van der Waals surface area contributed by atoms with Gasteiger partial charge in [0.15, 0.2) is 0 Å². The molecule has 0 N–H and O–H groups in total. The molecule has 0 bridgehead atoms. The van der Waals surface area contributed by atoms with Gasteiger partial charge in [-0.1, -0.05) is 6.92 Å². The van der Waals surface area contributed by atoms with Crippen LogP contribution in [0.1, 0.15) is 43.2 Å². The SMILES string of the molecule is CCC(=O)N1c2ccc(F)cc2[C@@H]2OCC[C@@H]2[C@H]1c1ccco1. The highest BCUT2D eigenvalue weighted by Crippen LogP contribution is 2.53. The second-order valence-electron chi connectivity index (χ2n) is 6.02. The largest absolute Gasteiger partial charge is 0.467 e. The van der Waals surface area contributed by atoms with Crippen molar-refractivity contribution in [3.05, 3.63) is 53.7 Å². The predicted octanol–water partition coefficient (Wildman–Crippen LogP) is 3.99. The molecular formula is C18H18FNO3. The number of anilines is 1. The van der Waals surface area contributed by atoms with E-state index in [0.29, 0.717) is 13.0 Å². The lowest BCUT2D eigenvalue weighted by molar-refractivity contribution is -0.119. The maximum absolute atomic E-state index is 13.8. The summed E-state index contributed by atoms with van der Waals surface area (Å²) in [6.07, 6.45) is 2.62. The third kappa shape index (κ3) is 2.18. The Morgan fingerprint density at radius 1 is 1.39 bits per heavy atom. The fourth-order valence-electron chi connectivity index (χ4n) is 3.82. The number of carbonyl (C=O) groups excluding carboxylic acids is 1. The number of carbonyl (C=O) groups is 1. The highest BCUT2D eigenvalue weighted by Gasteiger charge is 2.48. The van der Waals surface area contributed by atoms with Crippen LogP contribution in [0.3, 0.4) is 0 Å². The van der Waals surface area contributed by atoms with Crippen LogP contribution >= 0.6 is 0 Å². The number of benzene rings is 1. The van der Waals surface area contributed by atoms with Gasteiger partial charge in [-0.3, -0.25) is 4.79 Å². The lowest BCUT2D eigenvalue weighted by Crippen LogP contribution is -2.43. The summed E-state index contributed by atoms with van der Waals surface area (Å²) < 4.78 is 25.3. The number of amides is 1. The highest BCUT2D eigenvalue weighted by molar-refractivity contribution is 5.95. The van der Waals surface area contributed by atoms with Gasteiger partial charge in [0, 0.05) is 24.5 Å². The topological polar surface area (TPSA) is 42.7 Å². The van der Waals surface area contributed by atoms with Crippen molar-refractivity contribution in [2.45, 2.75) is 31.9 Å². The minimum absolute atomic E-state index is 0.00427. The van der Waals surface area contributed by atoms with Crippen molar-refractivity contribution in [1.82, 2.24) is 0 Å². The molecule has 0 unspecified atom stereocenters. The summed E-state index contributed by atoms with van der Waals surface area (Å²) in [5.41, 5.74) is 1.49. The molecule has 5 heteroatoms. The number of furan rings is 1. The normalized spacial score (nSPS) is 26.0. The highest BCUT2D eigenvalue weighted by atomic mass is 19.1. The van der Waals surface area contributed by atoms with E-state index in [4.69, 9.17) is 9.15 Å². The monoisotopic (exact) mass is 315 g/mol. The first-order chi connectivity index (χ1) is 11.2. The van der Waals surface area contributed by atoms with Crippen LogP contribution in [0, 0.1) is 11.7 Å². The Morgan fingerprint density at radius 2 is 2.26 bits per heavy atom. The molecule has 4 nitrogen and oxygen atoms in total. The summed E-state index contributed by atoms with van der Waals surface area (Å²) >= 11 is 0. The van der Waals surface area contributed by atoms with Crippen LogP contribution in [-0.2, 0) is 9.53 Å². The van der Waals surface area contributed by atoms with Crippen LogP contribution < -0.4 is 4.90 Å². The van der Waals surface area contributed by atoms with E-state index in [2.05, 4.69) is 0 Å². The molecule has 23 heavy (non-hydrogen) atoms. The average Bonchev–Trinajstić information content (AvgIpc) is 3.24. The molecule has 2 aliphatic heterocycles. The van der Waals surface area contributed by atoms with Gasteiger partial charge in [-0.15, -0.1) is 0 Å². The zero-order valence-corrected chi connectivity index (χ0v) is 12.9. The average molecular weight is 315 g/mol. The van der Waals surface area contributed by atoms with Crippen molar-refractivity contribution in [2.75, 3.05) is 11.5 Å². The van der Waals surface area contributed by atoms with Crippen molar-refractivity contribution in [3.8, 4) is 0 Å². The van der Waals surface area contributed by atoms with E-state index >= 15 is 0 Å². The third-order valence-corrected chi connectivity index (χ3v) is 4.78. The number of hydrogen-bond donors (Lipinski definition) is 0. The third-order valence-electron chi connectivity index (χ3n) is 4.78. The molecule has 0 radical (unpaired) electrons. The lowest BCUT2D eigenvalue weighted by atomic mass is 9.81. The molecule has 1 saturated heterocycles. The molecule has 0 spiro atoms. The van der Waals surface area contributed by atoms with Gasteiger partial charge in [0.05, 0.1) is 18.1 Å². The number of rotatable bonds is 2. The number of ether oxygens (including phenoxy) is 1. The Kier molecular flexibility index (Phi) is 3.45. The van der Waals surface area contributed by atoms with Crippen molar-refractivity contribution < 1.29 is 18.3 Å². The van der Waals surface area contributed by atoms with Gasteiger partial charge in [-0.2, -0.15) is 0 Å². The Labute approximate surface area is 133 Å². The van der Waals surface area contributed by atoms with Crippen molar-refractivity contribution in [1.29, 1.82) is 0 Å². The van der Waals surface area contributed by atoms with E-state index in [0.717, 1.165) is 23.4 Å². The maximum Gasteiger partial charge on any atom is 0.227 e. The fraction of sp³-hybridized carbons (Fsp3) is 0.389. The van der Waals surface area contributed by atoms with E-state index < -0.39 is 0 Å². The molecule has 3 heterocycles. The van der Waals surface area contributed by atoms with E-state index in [9.17, 15) is 9.18 Å². The minimum Gasteiger partial charge on any atom is -0.467 e. The van der Waals surface area contributed by atoms with Crippen LogP contribution in [0.2, 0.25) is 0 Å². The quantitative estimate of drug-likeness (QED) is 0.841. The van der Waals surface area contributed by atoms with Gasteiger partial charge in [0.2, 0.25) is 5.91 Å². The fourth-order valence-corrected chi connectivity index (χ4v) is 3.82. The van der Waals surface area contributed by atoms with Crippen LogP contribution in [0.15, 0.2) is 41.0 Å². The first-order valence-electron chi connectivity index (χ1n) is 7.97. The summed E-state index contributed by atoms with van der Waals surface area (Å²) in [5, 5.41) is 0. The molecule has 0 aliphatic carbocycles. The molecule has 0 saturated carbocycles. The molecule has 1 aromatic heterocycles. The summed E-state index contributed by atoms with van der Waals surface area (Å²) in [5.74, 6) is 0.524. The maximum atomic E-state index is 13.8. The summed E-state index contributed by atoms with van der Waals surface area (Å²) in [7, 11) is 0. The van der Waals surface area contributed by atoms with E-state index in [1.807, 2.05) is 19.1 Å². The van der Waals surface area contributed by atoms with Gasteiger partial charge in [0.1, 0.15) is 17.6 Å². The van der Waals surface area contributed by atoms with Gasteiger partial charge in [-0.25, -0.2) is 4.39 Å². The molecule has 1 amide bonds. The standard InChI is InChI=1S/C18H18FNO3/c1-2-16(21)20-14-6-5-11(19)10-13(14)18-12(7-9-23-18)17(20)15-4-3-8-22-15/h3-6,8,10,12,17-18H,2,7,9H2,1H3/t12-,17+,18-/m1/s1. The molecule has 2 aliphatic rings. The summed E-state index contributed by atoms with van der Waals surface area (Å²) in [4.78, 5) is 14.4. The molecule has 2 aromatic rings. The zero-order valence-electron chi connectivity index (χ0n) is 12.9. The van der Waals surface area contributed by atoms with Gasteiger partial charge >= 0.3 is 0 Å². The van der Waals surface area contributed by atoms with Crippen LogP contribution in [-0.4, -0.2) is 12.5 Å². The van der Waals surface area contributed by atoms with Gasteiger partial charge in [0.25, 0.3) is 0 Å². The number of halogens is 1. The molecule has 1 aromatic carbocycles. The van der Waals surface area contributed by atoms with Crippen LogP contribution in [0.4, 0.5) is 10.1 Å².